The Balaban J connectivity index is 1.28. The van der Waals surface area contributed by atoms with Crippen LogP contribution in [0.4, 0.5) is 16.6 Å². The molecule has 0 bridgehead atoms. The molecule has 1 aliphatic rings. The maximum atomic E-state index is 12.3. The standard InChI is InChI=1S/C20H22N6O3S/c1-25-6-8-26(9-7-25)17-5-4-14(12-21-17)22-18(27)11-15-13-30-20(23-15)24-19(28)16-3-2-10-29-16/h2-5,10,12-13H,6-9,11H2,1H3,(H,22,27)(H,23,24,28). The molecular formula is C20H22N6O3S. The van der Waals surface area contributed by atoms with Crippen LogP contribution in [0.5, 0.6) is 0 Å². The van der Waals surface area contributed by atoms with Gasteiger partial charge in [-0.25, -0.2) is 9.97 Å². The van der Waals surface area contributed by atoms with Crippen molar-refractivity contribution >= 4 is 39.8 Å². The number of pyridine rings is 1. The molecule has 2 amide bonds. The SMILES string of the molecule is CN1CCN(c2ccc(NC(=O)Cc3csc(NC(=O)c4ccco4)n3)cn2)CC1. The van der Waals surface area contributed by atoms with Crippen molar-refractivity contribution in [3.05, 3.63) is 53.6 Å². The van der Waals surface area contributed by atoms with E-state index in [1.54, 1.807) is 23.7 Å². The third kappa shape index (κ3) is 5.02. The number of carbonyl (C=O) groups is 2. The molecule has 0 aliphatic carbocycles. The van der Waals surface area contributed by atoms with Gasteiger partial charge in [-0.1, -0.05) is 0 Å². The highest BCUT2D eigenvalue weighted by atomic mass is 32.1. The number of likely N-dealkylation sites (N-methyl/N-ethyl adjacent to an activating group) is 1. The van der Waals surface area contributed by atoms with Gasteiger partial charge in [-0.05, 0) is 31.3 Å². The lowest BCUT2D eigenvalue weighted by Gasteiger charge is -2.33. The van der Waals surface area contributed by atoms with E-state index in [9.17, 15) is 9.59 Å². The predicted octanol–water partition coefficient (Wildman–Crippen LogP) is 2.32. The molecule has 0 aromatic carbocycles. The average Bonchev–Trinajstić information content (AvgIpc) is 3.42. The van der Waals surface area contributed by atoms with Crippen LogP contribution in [0, 0.1) is 0 Å². The number of rotatable bonds is 6. The van der Waals surface area contributed by atoms with Crippen molar-refractivity contribution < 1.29 is 14.0 Å². The zero-order valence-corrected chi connectivity index (χ0v) is 17.3. The largest absolute Gasteiger partial charge is 0.459 e. The number of aromatic nitrogens is 2. The summed E-state index contributed by atoms with van der Waals surface area (Å²) in [7, 11) is 2.11. The molecule has 2 N–H and O–H groups in total. The summed E-state index contributed by atoms with van der Waals surface area (Å²) in [5.74, 6) is 0.546. The molecule has 10 heteroatoms. The minimum Gasteiger partial charge on any atom is -0.459 e. The molecule has 156 valence electrons. The van der Waals surface area contributed by atoms with E-state index in [-0.39, 0.29) is 24.0 Å². The first-order valence-corrected chi connectivity index (χ1v) is 10.4. The van der Waals surface area contributed by atoms with Gasteiger partial charge >= 0.3 is 0 Å². The van der Waals surface area contributed by atoms with Gasteiger partial charge in [0.1, 0.15) is 5.82 Å². The van der Waals surface area contributed by atoms with Crippen molar-refractivity contribution in [1.29, 1.82) is 0 Å². The van der Waals surface area contributed by atoms with E-state index in [1.807, 2.05) is 12.1 Å². The molecule has 1 fully saturated rings. The van der Waals surface area contributed by atoms with Gasteiger partial charge < -0.3 is 19.5 Å². The predicted molar refractivity (Wildman–Crippen MR) is 115 cm³/mol. The Morgan fingerprint density at radius 1 is 1.17 bits per heavy atom. The van der Waals surface area contributed by atoms with E-state index in [0.717, 1.165) is 32.0 Å². The third-order valence-electron chi connectivity index (χ3n) is 4.72. The number of hydrogen-bond donors (Lipinski definition) is 2. The van der Waals surface area contributed by atoms with Crippen LogP contribution in [0.2, 0.25) is 0 Å². The Labute approximate surface area is 177 Å². The Morgan fingerprint density at radius 3 is 2.70 bits per heavy atom. The summed E-state index contributed by atoms with van der Waals surface area (Å²) < 4.78 is 5.05. The van der Waals surface area contributed by atoms with Crippen molar-refractivity contribution in [2.75, 3.05) is 48.8 Å². The third-order valence-corrected chi connectivity index (χ3v) is 5.52. The van der Waals surface area contributed by atoms with Crippen molar-refractivity contribution in [3.63, 3.8) is 0 Å². The zero-order chi connectivity index (χ0) is 20.9. The van der Waals surface area contributed by atoms with E-state index in [2.05, 4.69) is 37.4 Å². The van der Waals surface area contributed by atoms with Gasteiger partial charge in [0.05, 0.1) is 30.3 Å². The maximum Gasteiger partial charge on any atom is 0.293 e. The van der Waals surface area contributed by atoms with Crippen LogP contribution in [0.1, 0.15) is 16.2 Å². The summed E-state index contributed by atoms with van der Waals surface area (Å²) in [5, 5.41) is 7.64. The molecule has 4 heterocycles. The molecule has 0 atom stereocenters. The molecule has 4 rings (SSSR count). The molecule has 0 radical (unpaired) electrons. The highest BCUT2D eigenvalue weighted by Gasteiger charge is 2.16. The number of furan rings is 1. The van der Waals surface area contributed by atoms with Crippen molar-refractivity contribution in [2.45, 2.75) is 6.42 Å². The van der Waals surface area contributed by atoms with Crippen LogP contribution < -0.4 is 15.5 Å². The summed E-state index contributed by atoms with van der Waals surface area (Å²) in [6.45, 7) is 3.91. The molecule has 1 aliphatic heterocycles. The Hall–Kier alpha value is -3.24. The summed E-state index contributed by atoms with van der Waals surface area (Å²) in [6, 6.07) is 6.99. The van der Waals surface area contributed by atoms with Crippen LogP contribution in [-0.4, -0.2) is 59.9 Å². The Bertz CT molecular complexity index is 994. The normalized spacial score (nSPS) is 14.5. The molecule has 3 aromatic rings. The Kier molecular flexibility index (Phi) is 6.05. The first kappa shape index (κ1) is 20.0. The molecule has 0 saturated carbocycles. The first-order valence-electron chi connectivity index (χ1n) is 9.55. The van der Waals surface area contributed by atoms with Gasteiger partial charge in [0.2, 0.25) is 5.91 Å². The number of carbonyl (C=O) groups excluding carboxylic acids is 2. The van der Waals surface area contributed by atoms with Crippen LogP contribution in [-0.2, 0) is 11.2 Å². The van der Waals surface area contributed by atoms with Crippen LogP contribution in [0.15, 0.2) is 46.5 Å². The summed E-state index contributed by atoms with van der Waals surface area (Å²) in [5.41, 5.74) is 1.22. The van der Waals surface area contributed by atoms with E-state index in [0.29, 0.717) is 16.5 Å². The first-order chi connectivity index (χ1) is 14.6. The fourth-order valence-electron chi connectivity index (χ4n) is 3.06. The zero-order valence-electron chi connectivity index (χ0n) is 16.5. The smallest absolute Gasteiger partial charge is 0.293 e. The highest BCUT2D eigenvalue weighted by Crippen LogP contribution is 2.19. The molecule has 9 nitrogen and oxygen atoms in total. The second-order valence-corrected chi connectivity index (χ2v) is 7.85. The van der Waals surface area contributed by atoms with Gasteiger partial charge in [0.25, 0.3) is 5.91 Å². The molecule has 30 heavy (non-hydrogen) atoms. The van der Waals surface area contributed by atoms with Crippen LogP contribution in [0.25, 0.3) is 0 Å². The van der Waals surface area contributed by atoms with Crippen molar-refractivity contribution in [1.82, 2.24) is 14.9 Å². The fourth-order valence-corrected chi connectivity index (χ4v) is 3.77. The lowest BCUT2D eigenvalue weighted by Crippen LogP contribution is -2.44. The van der Waals surface area contributed by atoms with Crippen LogP contribution >= 0.6 is 11.3 Å². The van der Waals surface area contributed by atoms with Crippen molar-refractivity contribution in [3.8, 4) is 0 Å². The lowest BCUT2D eigenvalue weighted by atomic mass is 10.3. The van der Waals surface area contributed by atoms with Gasteiger partial charge in [0.15, 0.2) is 10.9 Å². The lowest BCUT2D eigenvalue weighted by molar-refractivity contribution is -0.115. The molecule has 3 aromatic heterocycles. The van der Waals surface area contributed by atoms with E-state index in [1.165, 1.54) is 17.6 Å². The number of nitrogens with one attached hydrogen (secondary N) is 2. The van der Waals surface area contributed by atoms with Gasteiger partial charge in [-0.3, -0.25) is 14.9 Å². The van der Waals surface area contributed by atoms with Gasteiger partial charge in [0, 0.05) is 31.6 Å². The minimum absolute atomic E-state index is 0.104. The Morgan fingerprint density at radius 2 is 2.00 bits per heavy atom. The number of nitrogens with zero attached hydrogens (tertiary/aromatic N) is 4. The van der Waals surface area contributed by atoms with Crippen molar-refractivity contribution in [2.24, 2.45) is 0 Å². The monoisotopic (exact) mass is 426 g/mol. The number of hydrogen-bond acceptors (Lipinski definition) is 8. The number of thiazole rings is 1. The molecule has 0 spiro atoms. The second-order valence-electron chi connectivity index (χ2n) is 7.00. The quantitative estimate of drug-likeness (QED) is 0.623. The maximum absolute atomic E-state index is 12.3. The summed E-state index contributed by atoms with van der Waals surface area (Å²) in [6.07, 6.45) is 3.20. The highest BCUT2D eigenvalue weighted by molar-refractivity contribution is 7.14. The summed E-state index contributed by atoms with van der Waals surface area (Å²) >= 11 is 1.26. The van der Waals surface area contributed by atoms with Gasteiger partial charge in [-0.2, -0.15) is 0 Å². The number of amides is 2. The molecule has 1 saturated heterocycles. The van der Waals surface area contributed by atoms with Crippen LogP contribution in [0.3, 0.4) is 0 Å². The van der Waals surface area contributed by atoms with E-state index < -0.39 is 0 Å². The minimum atomic E-state index is -0.378. The topological polar surface area (TPSA) is 104 Å². The molecular weight excluding hydrogens is 404 g/mol. The summed E-state index contributed by atoms with van der Waals surface area (Å²) in [4.78, 5) is 37.6. The fraction of sp³-hybridized carbons (Fsp3) is 0.300. The number of piperazine rings is 1. The second kappa shape index (κ2) is 9.06. The van der Waals surface area contributed by atoms with Gasteiger partial charge in [-0.15, -0.1) is 11.3 Å². The number of anilines is 3. The van der Waals surface area contributed by atoms with E-state index >= 15 is 0 Å². The molecule has 0 unspecified atom stereocenters. The average molecular weight is 427 g/mol. The van der Waals surface area contributed by atoms with E-state index in [4.69, 9.17) is 4.42 Å².